The van der Waals surface area contributed by atoms with Crippen LogP contribution in [0.5, 0.6) is 0 Å². The number of piperazine rings is 2. The van der Waals surface area contributed by atoms with Crippen molar-refractivity contribution < 1.29 is 0 Å². The third-order valence-electron chi connectivity index (χ3n) is 7.86. The zero-order valence-corrected chi connectivity index (χ0v) is 24.6. The largest absolute Gasteiger partial charge is 0.314 e. The van der Waals surface area contributed by atoms with Gasteiger partial charge in [0.15, 0.2) is 0 Å². The first-order chi connectivity index (χ1) is 16.5. The van der Waals surface area contributed by atoms with Crippen LogP contribution < -0.4 is 10.6 Å². The standard InChI is InChI=1S/C12H17N.2C9H20N2/c1-10(2)13-8-7-11-5-3-4-6-12(11)9-13;1-7(2)11-6-8(3)10-5-9(11)4;1-7(2)11-8(3)5-10-6-9(11)4/h3-6,10H,7-9H2,1-2H3;2*7-10H,5-6H2,1-4H3. The molecule has 4 rings (SSSR count). The maximum atomic E-state index is 3.47. The van der Waals surface area contributed by atoms with Gasteiger partial charge in [0, 0.05) is 81.6 Å². The molecule has 35 heavy (non-hydrogen) atoms. The van der Waals surface area contributed by atoms with E-state index in [1.165, 1.54) is 25.1 Å². The molecule has 1 aromatic rings. The second-order valence-corrected chi connectivity index (χ2v) is 11.9. The van der Waals surface area contributed by atoms with E-state index >= 15 is 0 Å². The van der Waals surface area contributed by atoms with E-state index in [-0.39, 0.29) is 0 Å². The van der Waals surface area contributed by atoms with E-state index in [2.05, 4.69) is 119 Å². The van der Waals surface area contributed by atoms with E-state index in [1.54, 1.807) is 5.56 Å². The Bertz CT molecular complexity index is 708. The minimum atomic E-state index is 0.661. The Morgan fingerprint density at radius 3 is 1.83 bits per heavy atom. The Morgan fingerprint density at radius 1 is 0.743 bits per heavy atom. The van der Waals surface area contributed by atoms with Crippen LogP contribution >= 0.6 is 0 Å². The van der Waals surface area contributed by atoms with Gasteiger partial charge in [0.1, 0.15) is 0 Å². The second-order valence-electron chi connectivity index (χ2n) is 11.9. The summed E-state index contributed by atoms with van der Waals surface area (Å²) in [6, 6.07) is 13.6. The third-order valence-corrected chi connectivity index (χ3v) is 7.86. The zero-order valence-electron chi connectivity index (χ0n) is 24.6. The first-order valence-corrected chi connectivity index (χ1v) is 14.3. The minimum absolute atomic E-state index is 0.661. The topological polar surface area (TPSA) is 33.8 Å². The number of fused-ring (bicyclic) bond motifs is 1. The van der Waals surface area contributed by atoms with E-state index < -0.39 is 0 Å². The molecular weight excluding hydrogens is 430 g/mol. The van der Waals surface area contributed by atoms with Crippen molar-refractivity contribution in [1.82, 2.24) is 25.3 Å². The van der Waals surface area contributed by atoms with E-state index in [0.717, 1.165) is 26.2 Å². The van der Waals surface area contributed by atoms with Crippen LogP contribution in [0.15, 0.2) is 24.3 Å². The molecule has 4 unspecified atom stereocenters. The monoisotopic (exact) mass is 487 g/mol. The van der Waals surface area contributed by atoms with Crippen molar-refractivity contribution in [3.8, 4) is 0 Å². The van der Waals surface area contributed by atoms with Crippen LogP contribution in [0.25, 0.3) is 0 Å². The fourth-order valence-corrected chi connectivity index (χ4v) is 5.89. The second kappa shape index (κ2) is 14.7. The van der Waals surface area contributed by atoms with Crippen LogP contribution in [0.3, 0.4) is 0 Å². The predicted octanol–water partition coefficient (Wildman–Crippen LogP) is 4.61. The summed E-state index contributed by atoms with van der Waals surface area (Å²) in [5.41, 5.74) is 3.06. The molecule has 0 aromatic heterocycles. The quantitative estimate of drug-likeness (QED) is 0.651. The Balaban J connectivity index is 0.000000186. The van der Waals surface area contributed by atoms with Gasteiger partial charge in [0.2, 0.25) is 0 Å². The third kappa shape index (κ3) is 9.44. The SMILES string of the molecule is CC(C)N1C(C)CNCC1C.CC(C)N1CCc2ccccc2C1.CC1CN(C(C)C)C(C)CN1. The fourth-order valence-electron chi connectivity index (χ4n) is 5.89. The Labute approximate surface area is 218 Å². The lowest BCUT2D eigenvalue weighted by atomic mass is 9.99. The number of nitrogens with one attached hydrogen (secondary N) is 2. The Kier molecular flexibility index (Phi) is 12.7. The molecule has 0 aliphatic carbocycles. The minimum Gasteiger partial charge on any atom is -0.314 e. The molecule has 5 nitrogen and oxygen atoms in total. The van der Waals surface area contributed by atoms with Crippen molar-refractivity contribution in [3.63, 3.8) is 0 Å². The molecule has 3 heterocycles. The summed E-state index contributed by atoms with van der Waals surface area (Å²) < 4.78 is 0. The van der Waals surface area contributed by atoms with Crippen molar-refractivity contribution in [3.05, 3.63) is 35.4 Å². The number of hydrogen-bond donors (Lipinski definition) is 2. The summed E-state index contributed by atoms with van der Waals surface area (Å²) >= 11 is 0. The van der Waals surface area contributed by atoms with Gasteiger partial charge in [-0.3, -0.25) is 14.7 Å². The average molecular weight is 488 g/mol. The predicted molar refractivity (Wildman–Crippen MR) is 153 cm³/mol. The first-order valence-electron chi connectivity index (χ1n) is 14.3. The maximum Gasteiger partial charge on any atom is 0.0239 e. The molecule has 2 N–H and O–H groups in total. The fraction of sp³-hybridized carbons (Fsp3) is 0.800. The van der Waals surface area contributed by atoms with Crippen molar-refractivity contribution >= 4 is 0 Å². The smallest absolute Gasteiger partial charge is 0.0239 e. The molecule has 5 heteroatoms. The van der Waals surface area contributed by atoms with Crippen molar-refractivity contribution in [2.24, 2.45) is 0 Å². The van der Waals surface area contributed by atoms with E-state index in [9.17, 15) is 0 Å². The lowest BCUT2D eigenvalue weighted by molar-refractivity contribution is 0.0827. The maximum absolute atomic E-state index is 3.47. The summed E-state index contributed by atoms with van der Waals surface area (Å²) in [7, 11) is 0. The molecule has 0 radical (unpaired) electrons. The number of nitrogens with zero attached hydrogens (tertiary/aromatic N) is 3. The molecule has 4 atom stereocenters. The Hall–Kier alpha value is -0.980. The molecule has 0 bridgehead atoms. The molecule has 0 spiro atoms. The van der Waals surface area contributed by atoms with Crippen LogP contribution in [0, 0.1) is 0 Å². The summed E-state index contributed by atoms with van der Waals surface area (Å²) in [6.45, 7) is 29.7. The zero-order chi connectivity index (χ0) is 26.1. The Morgan fingerprint density at radius 2 is 1.34 bits per heavy atom. The van der Waals surface area contributed by atoms with Crippen LogP contribution in [0.1, 0.15) is 80.4 Å². The molecule has 0 amide bonds. The van der Waals surface area contributed by atoms with E-state index in [4.69, 9.17) is 0 Å². The van der Waals surface area contributed by atoms with Crippen molar-refractivity contribution in [1.29, 1.82) is 0 Å². The lowest BCUT2D eigenvalue weighted by Crippen LogP contribution is -2.57. The van der Waals surface area contributed by atoms with Gasteiger partial charge in [-0.15, -0.1) is 0 Å². The van der Waals surface area contributed by atoms with Crippen molar-refractivity contribution in [2.45, 2.75) is 124 Å². The van der Waals surface area contributed by atoms with Gasteiger partial charge in [0.05, 0.1) is 0 Å². The highest BCUT2D eigenvalue weighted by Gasteiger charge is 2.26. The molecule has 202 valence electrons. The van der Waals surface area contributed by atoms with Crippen LogP contribution in [0.4, 0.5) is 0 Å². The number of benzene rings is 1. The molecule has 2 fully saturated rings. The van der Waals surface area contributed by atoms with Gasteiger partial charge < -0.3 is 10.6 Å². The van der Waals surface area contributed by atoms with Gasteiger partial charge in [-0.05, 0) is 86.8 Å². The highest BCUT2D eigenvalue weighted by molar-refractivity contribution is 5.29. The highest BCUT2D eigenvalue weighted by atomic mass is 15.3. The molecule has 1 aromatic carbocycles. The van der Waals surface area contributed by atoms with Gasteiger partial charge in [0.25, 0.3) is 0 Å². The van der Waals surface area contributed by atoms with Gasteiger partial charge in [-0.1, -0.05) is 24.3 Å². The summed E-state index contributed by atoms with van der Waals surface area (Å²) in [6.07, 6.45) is 1.22. The normalized spacial score (nSPS) is 28.3. The summed E-state index contributed by atoms with van der Waals surface area (Å²) in [5, 5.41) is 6.90. The molecular formula is C30H57N5. The average Bonchev–Trinajstić information content (AvgIpc) is 2.80. The molecule has 3 aliphatic rings. The number of hydrogen-bond acceptors (Lipinski definition) is 5. The summed E-state index contributed by atoms with van der Waals surface area (Å²) in [5.74, 6) is 0. The van der Waals surface area contributed by atoms with Crippen molar-refractivity contribution in [2.75, 3.05) is 32.7 Å². The first kappa shape index (κ1) is 30.2. The highest BCUT2D eigenvalue weighted by Crippen LogP contribution is 2.19. The molecule has 3 aliphatic heterocycles. The van der Waals surface area contributed by atoms with Gasteiger partial charge in [-0.25, -0.2) is 0 Å². The van der Waals surface area contributed by atoms with Gasteiger partial charge >= 0.3 is 0 Å². The van der Waals surface area contributed by atoms with E-state index in [1.807, 2.05) is 0 Å². The molecule has 2 saturated heterocycles. The summed E-state index contributed by atoms with van der Waals surface area (Å²) in [4.78, 5) is 7.67. The van der Waals surface area contributed by atoms with Crippen LogP contribution in [-0.4, -0.2) is 89.7 Å². The number of rotatable bonds is 3. The molecule has 0 saturated carbocycles. The van der Waals surface area contributed by atoms with Crippen LogP contribution in [0.2, 0.25) is 0 Å². The van der Waals surface area contributed by atoms with E-state index in [0.29, 0.717) is 42.3 Å². The lowest BCUT2D eigenvalue weighted by Gasteiger charge is -2.42. The van der Waals surface area contributed by atoms with Gasteiger partial charge in [-0.2, -0.15) is 0 Å². The van der Waals surface area contributed by atoms with Crippen LogP contribution in [-0.2, 0) is 13.0 Å².